The average Bonchev–Trinajstić information content (AvgIpc) is 2.90. The zero-order valence-corrected chi connectivity index (χ0v) is 15.2. The zero-order chi connectivity index (χ0) is 16.8. The zero-order valence-electron chi connectivity index (χ0n) is 13.6. The molecule has 3 N–H and O–H groups in total. The van der Waals surface area contributed by atoms with Gasteiger partial charge in [-0.25, -0.2) is 10.0 Å². The lowest BCUT2D eigenvalue weighted by molar-refractivity contribution is 0.244. The number of nitrogens with two attached hydrogens (primary N) is 1. The first-order chi connectivity index (χ1) is 11.0. The van der Waals surface area contributed by atoms with Crippen LogP contribution in [0.2, 0.25) is 0 Å². The molecule has 1 heterocycles. The molecule has 1 fully saturated rings. The topological polar surface area (TPSA) is 95.4 Å². The van der Waals surface area contributed by atoms with Gasteiger partial charge in [0.15, 0.2) is 5.17 Å². The fraction of sp³-hybridized carbons (Fsp3) is 0.857. The van der Waals surface area contributed by atoms with E-state index in [1.807, 2.05) is 0 Å². The Morgan fingerprint density at radius 2 is 2.30 bits per heavy atom. The predicted octanol–water partition coefficient (Wildman–Crippen LogP) is 1.96. The molecule has 0 spiro atoms. The Kier molecular flexibility index (Phi) is 7.42. The molecule has 130 valence electrons. The number of likely N-dealkylation sites (N-methyl/N-ethyl adjacent to an activating group) is 1. The standard InChI is InChI=1S/C14H25ClN6OS/c1-3-6-23-14-17-8-11(12(21(2)16)13(15)19-14)18-9-4-5-10(7-9)20-22/h9-12,18H,3-8,16H2,1-2H3. The lowest BCUT2D eigenvalue weighted by Crippen LogP contribution is -2.57. The molecule has 2 rings (SSSR count). The highest BCUT2D eigenvalue weighted by Crippen LogP contribution is 2.24. The molecule has 0 bridgehead atoms. The number of thioether (sulfide) groups is 1. The number of hydrogen-bond acceptors (Lipinski definition) is 8. The van der Waals surface area contributed by atoms with Crippen LogP contribution in [0.15, 0.2) is 15.2 Å². The van der Waals surface area contributed by atoms with E-state index in [1.54, 1.807) is 23.8 Å². The third-order valence-corrected chi connectivity index (χ3v) is 5.53. The van der Waals surface area contributed by atoms with Crippen molar-refractivity contribution in [2.24, 2.45) is 21.0 Å². The van der Waals surface area contributed by atoms with Crippen molar-refractivity contribution in [3.8, 4) is 0 Å². The lowest BCUT2D eigenvalue weighted by atomic mass is 10.1. The summed E-state index contributed by atoms with van der Waals surface area (Å²) in [6.07, 6.45) is 3.58. The van der Waals surface area contributed by atoms with Gasteiger partial charge in [-0.2, -0.15) is 4.91 Å². The third-order valence-electron chi connectivity index (χ3n) is 4.13. The van der Waals surface area contributed by atoms with Crippen LogP contribution in [0, 0.1) is 4.91 Å². The molecule has 1 aliphatic heterocycles. The highest BCUT2D eigenvalue weighted by molar-refractivity contribution is 8.13. The summed E-state index contributed by atoms with van der Waals surface area (Å²) in [5, 5.41) is 9.47. The quantitative estimate of drug-likeness (QED) is 0.429. The summed E-state index contributed by atoms with van der Waals surface area (Å²) in [7, 11) is 1.78. The molecule has 23 heavy (non-hydrogen) atoms. The van der Waals surface area contributed by atoms with E-state index < -0.39 is 0 Å². The van der Waals surface area contributed by atoms with Gasteiger partial charge in [0.2, 0.25) is 0 Å². The van der Waals surface area contributed by atoms with Crippen LogP contribution in [0.5, 0.6) is 0 Å². The molecule has 0 saturated heterocycles. The van der Waals surface area contributed by atoms with Crippen molar-refractivity contribution in [3.63, 3.8) is 0 Å². The first-order valence-electron chi connectivity index (χ1n) is 8.02. The predicted molar refractivity (Wildman–Crippen MR) is 98.2 cm³/mol. The van der Waals surface area contributed by atoms with Crippen molar-refractivity contribution >= 4 is 33.7 Å². The molecule has 1 aliphatic carbocycles. The minimum Gasteiger partial charge on any atom is -0.307 e. The number of nitrogens with one attached hydrogen (secondary N) is 1. The Hall–Kier alpha value is -0.540. The van der Waals surface area contributed by atoms with Crippen molar-refractivity contribution in [2.45, 2.75) is 56.8 Å². The van der Waals surface area contributed by atoms with Crippen LogP contribution in [0.25, 0.3) is 0 Å². The van der Waals surface area contributed by atoms with Gasteiger partial charge in [-0.3, -0.25) is 10.8 Å². The number of hydrogen-bond donors (Lipinski definition) is 2. The van der Waals surface area contributed by atoms with E-state index in [1.165, 1.54) is 0 Å². The largest absolute Gasteiger partial charge is 0.307 e. The monoisotopic (exact) mass is 360 g/mol. The molecule has 0 aromatic rings. The minimum absolute atomic E-state index is 0.0311. The highest BCUT2D eigenvalue weighted by Gasteiger charge is 2.34. The van der Waals surface area contributed by atoms with Crippen LogP contribution in [0.3, 0.4) is 0 Å². The molecule has 0 radical (unpaired) electrons. The van der Waals surface area contributed by atoms with Crippen LogP contribution in [-0.4, -0.2) is 58.9 Å². The number of nitroso groups, excluding NO2 is 1. The van der Waals surface area contributed by atoms with Gasteiger partial charge in [0, 0.05) is 18.8 Å². The fourth-order valence-corrected chi connectivity index (χ4v) is 4.16. The maximum atomic E-state index is 10.7. The van der Waals surface area contributed by atoms with E-state index in [4.69, 9.17) is 17.4 Å². The minimum atomic E-state index is -0.233. The molecule has 2 aliphatic rings. The number of amidine groups is 1. The van der Waals surface area contributed by atoms with E-state index in [0.29, 0.717) is 16.9 Å². The Balaban J connectivity index is 2.08. The summed E-state index contributed by atoms with van der Waals surface area (Å²) in [4.78, 5) is 19.7. The number of aliphatic imine (C=N–C) groups is 2. The van der Waals surface area contributed by atoms with E-state index in [0.717, 1.165) is 31.4 Å². The Morgan fingerprint density at radius 3 is 2.91 bits per heavy atom. The van der Waals surface area contributed by atoms with Crippen LogP contribution in [0.4, 0.5) is 0 Å². The number of rotatable bonds is 6. The summed E-state index contributed by atoms with van der Waals surface area (Å²) < 4.78 is 0. The van der Waals surface area contributed by atoms with Gasteiger partial charge in [-0.1, -0.05) is 35.5 Å². The van der Waals surface area contributed by atoms with Gasteiger partial charge in [-0.15, -0.1) is 0 Å². The first kappa shape index (κ1) is 18.8. The number of nitrogens with zero attached hydrogens (tertiary/aromatic N) is 4. The van der Waals surface area contributed by atoms with Crippen molar-refractivity contribution in [1.82, 2.24) is 10.3 Å². The molecular weight excluding hydrogens is 336 g/mol. The maximum absolute atomic E-state index is 10.7. The van der Waals surface area contributed by atoms with Gasteiger partial charge in [0.1, 0.15) is 5.17 Å². The van der Waals surface area contributed by atoms with Gasteiger partial charge < -0.3 is 5.32 Å². The van der Waals surface area contributed by atoms with Gasteiger partial charge in [0.25, 0.3) is 0 Å². The number of hydrazine groups is 1. The molecule has 0 amide bonds. The van der Waals surface area contributed by atoms with Gasteiger partial charge in [0.05, 0.1) is 24.7 Å². The van der Waals surface area contributed by atoms with Crippen LogP contribution in [0.1, 0.15) is 32.6 Å². The Bertz CT molecular complexity index is 472. The summed E-state index contributed by atoms with van der Waals surface area (Å²) in [6, 6.07) is -0.106. The van der Waals surface area contributed by atoms with Crippen LogP contribution < -0.4 is 11.2 Å². The van der Waals surface area contributed by atoms with E-state index in [9.17, 15) is 4.91 Å². The molecule has 0 aromatic heterocycles. The van der Waals surface area contributed by atoms with Gasteiger partial charge >= 0.3 is 0 Å². The summed E-state index contributed by atoms with van der Waals surface area (Å²) in [5.41, 5.74) is 0. The molecule has 1 saturated carbocycles. The van der Waals surface area contributed by atoms with Gasteiger partial charge in [-0.05, 0) is 25.7 Å². The first-order valence-corrected chi connectivity index (χ1v) is 9.38. The van der Waals surface area contributed by atoms with E-state index in [-0.39, 0.29) is 24.2 Å². The van der Waals surface area contributed by atoms with Crippen LogP contribution in [-0.2, 0) is 0 Å². The van der Waals surface area contributed by atoms with Crippen LogP contribution >= 0.6 is 23.4 Å². The highest BCUT2D eigenvalue weighted by atomic mass is 35.5. The Labute approximate surface area is 146 Å². The van der Waals surface area contributed by atoms with Crippen molar-refractivity contribution in [2.75, 3.05) is 19.3 Å². The second-order valence-corrected chi connectivity index (χ2v) is 7.51. The van der Waals surface area contributed by atoms with E-state index >= 15 is 0 Å². The summed E-state index contributed by atoms with van der Waals surface area (Å²) >= 11 is 8.03. The summed E-state index contributed by atoms with van der Waals surface area (Å²) in [5.74, 6) is 6.95. The second-order valence-electron chi connectivity index (χ2n) is 6.06. The third kappa shape index (κ3) is 5.22. The second kappa shape index (κ2) is 9.08. The molecule has 4 unspecified atom stereocenters. The van der Waals surface area contributed by atoms with Crippen molar-refractivity contribution in [1.29, 1.82) is 0 Å². The van der Waals surface area contributed by atoms with E-state index in [2.05, 4.69) is 27.4 Å². The molecule has 9 heteroatoms. The normalized spacial score (nSPS) is 31.7. The fourth-order valence-electron chi connectivity index (χ4n) is 3.01. The van der Waals surface area contributed by atoms with Crippen molar-refractivity contribution < 1.29 is 0 Å². The maximum Gasteiger partial charge on any atom is 0.184 e. The summed E-state index contributed by atoms with van der Waals surface area (Å²) in [6.45, 7) is 2.68. The Morgan fingerprint density at radius 1 is 1.52 bits per heavy atom. The molecule has 7 nitrogen and oxygen atoms in total. The lowest BCUT2D eigenvalue weighted by Gasteiger charge is -2.31. The SMILES string of the molecule is CCCSC1=NCC(NC2CCC(N=O)C2)C(N(C)N)C(Cl)=N1. The number of halogens is 1. The molecule has 0 aromatic carbocycles. The molecular formula is C14H25ClN6OS. The average molecular weight is 361 g/mol. The molecule has 4 atom stereocenters. The smallest absolute Gasteiger partial charge is 0.184 e. The van der Waals surface area contributed by atoms with Crippen molar-refractivity contribution in [3.05, 3.63) is 4.91 Å².